The fourth-order valence-corrected chi connectivity index (χ4v) is 1.16. The van der Waals surface area contributed by atoms with Gasteiger partial charge >= 0.3 is 0 Å². The molecule has 0 saturated heterocycles. The molecule has 0 bridgehead atoms. The molecule has 1 aromatic carbocycles. The molecule has 3 N–H and O–H groups in total. The van der Waals surface area contributed by atoms with E-state index in [2.05, 4.69) is 5.32 Å². The van der Waals surface area contributed by atoms with Crippen LogP contribution in [0.5, 0.6) is 0 Å². The quantitative estimate of drug-likeness (QED) is 0.770. The van der Waals surface area contributed by atoms with Crippen molar-refractivity contribution in [2.24, 2.45) is 5.73 Å². The van der Waals surface area contributed by atoms with Gasteiger partial charge in [0, 0.05) is 12.8 Å². The number of nitrogens with one attached hydrogen (secondary N) is 1. The third-order valence-electron chi connectivity index (χ3n) is 1.94. The van der Waals surface area contributed by atoms with Gasteiger partial charge in [-0.25, -0.2) is 0 Å². The summed E-state index contributed by atoms with van der Waals surface area (Å²) in [6, 6.07) is 7.90. The third-order valence-corrected chi connectivity index (χ3v) is 1.94. The molecule has 84 valence electrons. The fraction of sp³-hybridized carbons (Fsp3) is 0.273. The lowest BCUT2D eigenvalue weighted by molar-refractivity contribution is -0.118. The van der Waals surface area contributed by atoms with E-state index in [1.807, 2.05) is 6.07 Å². The summed E-state index contributed by atoms with van der Waals surface area (Å²) in [5.41, 5.74) is 6.58. The first kappa shape index (κ1) is 12.2. The van der Waals surface area contributed by atoms with Crippen molar-refractivity contribution in [2.75, 3.05) is 19.0 Å². The van der Waals surface area contributed by atoms with E-state index in [9.17, 15) is 4.79 Å². The Morgan fingerprint density at radius 3 is 3.06 bits per heavy atom. The van der Waals surface area contributed by atoms with Crippen molar-refractivity contribution in [1.29, 1.82) is 5.26 Å². The number of hydrogen-bond donors (Lipinski definition) is 2. The number of benzene rings is 1. The number of carbonyl (C=O) groups excluding carboxylic acids is 1. The fourth-order valence-electron chi connectivity index (χ4n) is 1.16. The van der Waals surface area contributed by atoms with Gasteiger partial charge in [0.15, 0.2) is 0 Å². The third kappa shape index (κ3) is 3.35. The van der Waals surface area contributed by atoms with Crippen molar-refractivity contribution in [3.05, 3.63) is 29.8 Å². The van der Waals surface area contributed by atoms with Gasteiger partial charge in [0.2, 0.25) is 5.91 Å². The van der Waals surface area contributed by atoms with Crippen molar-refractivity contribution in [3.8, 4) is 6.07 Å². The molecule has 0 spiro atoms. The van der Waals surface area contributed by atoms with E-state index in [0.29, 0.717) is 11.3 Å². The number of rotatable bonds is 4. The average molecular weight is 219 g/mol. The minimum Gasteiger partial charge on any atom is -0.383 e. The van der Waals surface area contributed by atoms with Gasteiger partial charge in [0.05, 0.1) is 18.2 Å². The van der Waals surface area contributed by atoms with Gasteiger partial charge in [0.1, 0.15) is 6.04 Å². The lowest BCUT2D eigenvalue weighted by Crippen LogP contribution is -2.39. The summed E-state index contributed by atoms with van der Waals surface area (Å²) in [6.45, 7) is 0.157. The summed E-state index contributed by atoms with van der Waals surface area (Å²) >= 11 is 0. The van der Waals surface area contributed by atoms with Gasteiger partial charge in [-0.1, -0.05) is 6.07 Å². The zero-order valence-electron chi connectivity index (χ0n) is 8.93. The molecule has 0 fully saturated rings. The minimum atomic E-state index is -0.712. The molecule has 16 heavy (non-hydrogen) atoms. The van der Waals surface area contributed by atoms with Gasteiger partial charge in [-0.05, 0) is 18.2 Å². The van der Waals surface area contributed by atoms with Gasteiger partial charge in [-0.2, -0.15) is 5.26 Å². The Bertz CT molecular complexity index is 412. The van der Waals surface area contributed by atoms with Crippen molar-refractivity contribution in [2.45, 2.75) is 6.04 Å². The van der Waals surface area contributed by atoms with Gasteiger partial charge in [0.25, 0.3) is 0 Å². The number of methoxy groups -OCH3 is 1. The molecule has 0 aromatic heterocycles. The maximum atomic E-state index is 11.5. The second kappa shape index (κ2) is 5.85. The largest absolute Gasteiger partial charge is 0.383 e. The highest BCUT2D eigenvalue weighted by Gasteiger charge is 2.12. The van der Waals surface area contributed by atoms with Crippen LogP contribution in [0.3, 0.4) is 0 Å². The van der Waals surface area contributed by atoms with Crippen molar-refractivity contribution < 1.29 is 9.53 Å². The zero-order valence-corrected chi connectivity index (χ0v) is 8.93. The number of anilines is 1. The second-order valence-corrected chi connectivity index (χ2v) is 3.24. The van der Waals surface area contributed by atoms with Crippen molar-refractivity contribution >= 4 is 11.6 Å². The molecule has 0 radical (unpaired) electrons. The van der Waals surface area contributed by atoms with Crippen molar-refractivity contribution in [3.63, 3.8) is 0 Å². The number of nitrogens with zero attached hydrogens (tertiary/aromatic N) is 1. The van der Waals surface area contributed by atoms with Crippen LogP contribution in [0, 0.1) is 11.3 Å². The van der Waals surface area contributed by atoms with Gasteiger partial charge in [-0.15, -0.1) is 0 Å². The molecule has 0 aliphatic rings. The van der Waals surface area contributed by atoms with E-state index in [1.165, 1.54) is 7.11 Å². The molecule has 1 atom stereocenters. The van der Waals surface area contributed by atoms with Crippen LogP contribution in [0.15, 0.2) is 24.3 Å². The Labute approximate surface area is 93.8 Å². The second-order valence-electron chi connectivity index (χ2n) is 3.24. The number of ether oxygens (including phenoxy) is 1. The van der Waals surface area contributed by atoms with Crippen LogP contribution in [0.2, 0.25) is 0 Å². The SMILES string of the molecule is COCC(N)C(=O)Nc1cccc(C#N)c1. The Hall–Kier alpha value is -1.90. The highest BCUT2D eigenvalue weighted by molar-refractivity contribution is 5.94. The predicted molar refractivity (Wildman–Crippen MR) is 59.6 cm³/mol. The lowest BCUT2D eigenvalue weighted by atomic mass is 10.2. The molecule has 5 nitrogen and oxygen atoms in total. The highest BCUT2D eigenvalue weighted by atomic mass is 16.5. The van der Waals surface area contributed by atoms with Crippen LogP contribution in [-0.4, -0.2) is 25.7 Å². The van der Waals surface area contributed by atoms with Gasteiger partial charge < -0.3 is 15.8 Å². The van der Waals surface area contributed by atoms with E-state index in [0.717, 1.165) is 0 Å². The number of hydrogen-bond acceptors (Lipinski definition) is 4. The molecule has 5 heteroatoms. The number of nitriles is 1. The maximum Gasteiger partial charge on any atom is 0.243 e. The molecule has 0 heterocycles. The average Bonchev–Trinajstić information content (AvgIpc) is 2.29. The Kier molecular flexibility index (Phi) is 4.45. The smallest absolute Gasteiger partial charge is 0.243 e. The standard InChI is InChI=1S/C11H13N3O2/c1-16-7-10(13)11(15)14-9-4-2-3-8(5-9)6-12/h2-5,10H,7,13H2,1H3,(H,14,15). The lowest BCUT2D eigenvalue weighted by Gasteiger charge is -2.11. The monoisotopic (exact) mass is 219 g/mol. The van der Waals surface area contributed by atoms with Crippen molar-refractivity contribution in [1.82, 2.24) is 0 Å². The molecule has 0 saturated carbocycles. The van der Waals surface area contributed by atoms with Crippen LogP contribution in [-0.2, 0) is 9.53 Å². The summed E-state index contributed by atoms with van der Waals surface area (Å²) in [4.78, 5) is 11.5. The summed E-state index contributed by atoms with van der Waals surface area (Å²) in [5.74, 6) is -0.336. The van der Waals surface area contributed by atoms with E-state index in [1.54, 1.807) is 24.3 Å². The molecule has 1 rings (SSSR count). The Morgan fingerprint density at radius 2 is 2.44 bits per heavy atom. The van der Waals surface area contributed by atoms with E-state index < -0.39 is 6.04 Å². The van der Waals surface area contributed by atoms with Crippen LogP contribution >= 0.6 is 0 Å². The summed E-state index contributed by atoms with van der Waals surface area (Å²) in [6.07, 6.45) is 0. The van der Waals surface area contributed by atoms with Crippen LogP contribution in [0.1, 0.15) is 5.56 Å². The summed E-state index contributed by atoms with van der Waals surface area (Å²) in [7, 11) is 1.48. The molecule has 1 unspecified atom stereocenters. The number of carbonyl (C=O) groups is 1. The zero-order chi connectivity index (χ0) is 12.0. The van der Waals surface area contributed by atoms with E-state index in [4.69, 9.17) is 15.7 Å². The molecule has 0 aliphatic heterocycles. The van der Waals surface area contributed by atoms with E-state index >= 15 is 0 Å². The Balaban J connectivity index is 2.66. The molecule has 0 aliphatic carbocycles. The predicted octanol–water partition coefficient (Wildman–Crippen LogP) is 0.470. The Morgan fingerprint density at radius 1 is 1.69 bits per heavy atom. The summed E-state index contributed by atoms with van der Waals surface area (Å²) < 4.78 is 4.77. The van der Waals surface area contributed by atoms with Crippen LogP contribution in [0.25, 0.3) is 0 Å². The number of amides is 1. The first-order chi connectivity index (χ1) is 7.67. The first-order valence-corrected chi connectivity index (χ1v) is 4.73. The van der Waals surface area contributed by atoms with Gasteiger partial charge in [-0.3, -0.25) is 4.79 Å². The maximum absolute atomic E-state index is 11.5. The minimum absolute atomic E-state index is 0.157. The number of nitrogens with two attached hydrogens (primary N) is 1. The van der Waals surface area contributed by atoms with E-state index in [-0.39, 0.29) is 12.5 Å². The molecule has 1 aromatic rings. The normalized spacial score (nSPS) is 11.6. The van der Waals surface area contributed by atoms with Crippen LogP contribution in [0.4, 0.5) is 5.69 Å². The van der Waals surface area contributed by atoms with Crippen LogP contribution < -0.4 is 11.1 Å². The summed E-state index contributed by atoms with van der Waals surface area (Å²) in [5, 5.41) is 11.3. The molecule has 1 amide bonds. The molecular weight excluding hydrogens is 206 g/mol. The molecular formula is C11H13N3O2. The first-order valence-electron chi connectivity index (χ1n) is 4.73. The topological polar surface area (TPSA) is 88.1 Å². The highest BCUT2D eigenvalue weighted by Crippen LogP contribution is 2.09.